The molecule has 0 N–H and O–H groups in total. The van der Waals surface area contributed by atoms with Crippen molar-refractivity contribution < 1.29 is 4.39 Å². The molecule has 0 aromatic carbocycles. The zero-order chi connectivity index (χ0) is 19.9. The highest BCUT2D eigenvalue weighted by Crippen LogP contribution is 2.48. The van der Waals surface area contributed by atoms with Crippen LogP contribution in [0.3, 0.4) is 0 Å². The third-order valence-electron chi connectivity index (χ3n) is 9.27. The Labute approximate surface area is 175 Å². The second-order valence-corrected chi connectivity index (χ2v) is 11.1. The van der Waals surface area contributed by atoms with Gasteiger partial charge in [0.05, 0.1) is 0 Å². The minimum Gasteiger partial charge on any atom is -0.247 e. The Balaban J connectivity index is 1.44. The molecule has 164 valence electrons. The number of unbranched alkanes of at least 4 members (excludes halogenated alkanes) is 1. The molecule has 0 aromatic heterocycles. The van der Waals surface area contributed by atoms with Crippen LogP contribution in [0.4, 0.5) is 4.39 Å². The zero-order valence-electron chi connectivity index (χ0n) is 19.3. The van der Waals surface area contributed by atoms with Gasteiger partial charge >= 0.3 is 0 Å². The SMILES string of the molecule is CCCCC(CCC)C1CCC(C2CCC(C3CCC(C)CC3)CC2F)CC1. The highest BCUT2D eigenvalue weighted by atomic mass is 19.1. The van der Waals surface area contributed by atoms with Gasteiger partial charge in [0.15, 0.2) is 0 Å². The van der Waals surface area contributed by atoms with E-state index < -0.39 is 6.17 Å². The quantitative estimate of drug-likeness (QED) is 0.386. The summed E-state index contributed by atoms with van der Waals surface area (Å²) in [4.78, 5) is 0. The van der Waals surface area contributed by atoms with Crippen molar-refractivity contribution in [2.75, 3.05) is 0 Å². The summed E-state index contributed by atoms with van der Waals surface area (Å²) in [5.41, 5.74) is 0. The van der Waals surface area contributed by atoms with E-state index in [0.29, 0.717) is 17.8 Å². The van der Waals surface area contributed by atoms with Gasteiger partial charge in [-0.15, -0.1) is 0 Å². The highest BCUT2D eigenvalue weighted by Gasteiger charge is 2.40. The molecule has 0 bridgehead atoms. The predicted molar refractivity (Wildman–Crippen MR) is 120 cm³/mol. The Kier molecular flexibility index (Phi) is 9.17. The Morgan fingerprint density at radius 3 is 1.96 bits per heavy atom. The molecule has 0 aliphatic heterocycles. The van der Waals surface area contributed by atoms with Crippen molar-refractivity contribution in [3.8, 4) is 0 Å². The topological polar surface area (TPSA) is 0 Å². The van der Waals surface area contributed by atoms with Gasteiger partial charge in [-0.05, 0) is 99.2 Å². The lowest BCUT2D eigenvalue weighted by Crippen LogP contribution is -2.37. The molecule has 0 spiro atoms. The molecule has 3 fully saturated rings. The molecule has 4 unspecified atom stereocenters. The van der Waals surface area contributed by atoms with Gasteiger partial charge in [-0.25, -0.2) is 4.39 Å². The highest BCUT2D eigenvalue weighted by molar-refractivity contribution is 4.90. The van der Waals surface area contributed by atoms with Crippen molar-refractivity contribution in [1.82, 2.24) is 0 Å². The van der Waals surface area contributed by atoms with Crippen molar-refractivity contribution in [3.05, 3.63) is 0 Å². The van der Waals surface area contributed by atoms with Crippen LogP contribution in [-0.4, -0.2) is 6.17 Å². The lowest BCUT2D eigenvalue weighted by atomic mass is 9.63. The molecule has 0 heterocycles. The first kappa shape index (κ1) is 22.6. The maximum absolute atomic E-state index is 15.3. The number of alkyl halides is 1. The van der Waals surface area contributed by atoms with Crippen LogP contribution in [-0.2, 0) is 0 Å². The first-order chi connectivity index (χ1) is 13.6. The fourth-order valence-electron chi connectivity index (χ4n) is 7.38. The molecule has 0 amide bonds. The second kappa shape index (κ2) is 11.4. The number of rotatable bonds is 8. The maximum Gasteiger partial charge on any atom is 0.103 e. The van der Waals surface area contributed by atoms with E-state index in [1.807, 2.05) is 0 Å². The van der Waals surface area contributed by atoms with Crippen LogP contribution in [0.5, 0.6) is 0 Å². The van der Waals surface area contributed by atoms with E-state index in [9.17, 15) is 0 Å². The molecular weight excluding hydrogens is 343 g/mol. The summed E-state index contributed by atoms with van der Waals surface area (Å²) < 4.78 is 15.3. The Bertz CT molecular complexity index is 416. The Morgan fingerprint density at radius 2 is 1.36 bits per heavy atom. The van der Waals surface area contributed by atoms with Crippen LogP contribution < -0.4 is 0 Å². The average Bonchev–Trinajstić information content (AvgIpc) is 2.72. The van der Waals surface area contributed by atoms with Gasteiger partial charge in [0.1, 0.15) is 6.17 Å². The molecule has 1 heteroatoms. The molecular formula is C27H49F. The molecule has 0 nitrogen and oxygen atoms in total. The van der Waals surface area contributed by atoms with Crippen LogP contribution in [0.25, 0.3) is 0 Å². The van der Waals surface area contributed by atoms with Crippen LogP contribution in [0, 0.1) is 41.4 Å². The molecule has 3 aliphatic carbocycles. The first-order valence-corrected chi connectivity index (χ1v) is 13.3. The van der Waals surface area contributed by atoms with Crippen LogP contribution >= 0.6 is 0 Å². The van der Waals surface area contributed by atoms with Crippen LogP contribution in [0.15, 0.2) is 0 Å². The fourth-order valence-corrected chi connectivity index (χ4v) is 7.38. The van der Waals surface area contributed by atoms with Crippen LogP contribution in [0.1, 0.15) is 124 Å². The summed E-state index contributed by atoms with van der Waals surface area (Å²) in [6.07, 6.45) is 20.9. The molecule has 28 heavy (non-hydrogen) atoms. The second-order valence-electron chi connectivity index (χ2n) is 11.1. The molecule has 3 aliphatic rings. The zero-order valence-corrected chi connectivity index (χ0v) is 19.3. The van der Waals surface area contributed by atoms with Gasteiger partial charge in [0.25, 0.3) is 0 Å². The van der Waals surface area contributed by atoms with Gasteiger partial charge < -0.3 is 0 Å². The summed E-state index contributed by atoms with van der Waals surface area (Å²) >= 11 is 0. The normalized spacial score (nSPS) is 40.9. The summed E-state index contributed by atoms with van der Waals surface area (Å²) in [6, 6.07) is 0. The van der Waals surface area contributed by atoms with E-state index in [0.717, 1.165) is 30.1 Å². The standard InChI is InChI=1S/C27H49F/c1-4-6-8-21(7-5-2)22-13-15-24(16-14-22)26-18-17-25(19-27(26)28)23-11-9-20(3)10-12-23/h20-27H,4-19H2,1-3H3. The monoisotopic (exact) mass is 392 g/mol. The third kappa shape index (κ3) is 5.98. The van der Waals surface area contributed by atoms with E-state index in [-0.39, 0.29) is 0 Å². The van der Waals surface area contributed by atoms with Crippen molar-refractivity contribution in [3.63, 3.8) is 0 Å². The van der Waals surface area contributed by atoms with Crippen molar-refractivity contribution in [1.29, 1.82) is 0 Å². The Hall–Kier alpha value is -0.0700. The van der Waals surface area contributed by atoms with E-state index in [1.54, 1.807) is 0 Å². The summed E-state index contributed by atoms with van der Waals surface area (Å²) in [7, 11) is 0. The largest absolute Gasteiger partial charge is 0.247 e. The minimum atomic E-state index is -0.494. The van der Waals surface area contributed by atoms with Crippen molar-refractivity contribution in [2.45, 2.75) is 130 Å². The number of halogens is 1. The van der Waals surface area contributed by atoms with E-state index >= 15 is 4.39 Å². The van der Waals surface area contributed by atoms with Crippen molar-refractivity contribution >= 4 is 0 Å². The molecule has 0 aromatic rings. The average molecular weight is 393 g/mol. The first-order valence-electron chi connectivity index (χ1n) is 13.3. The van der Waals surface area contributed by atoms with Crippen LogP contribution in [0.2, 0.25) is 0 Å². The van der Waals surface area contributed by atoms with E-state index in [4.69, 9.17) is 0 Å². The van der Waals surface area contributed by atoms with Gasteiger partial charge in [-0.2, -0.15) is 0 Å². The third-order valence-corrected chi connectivity index (χ3v) is 9.27. The van der Waals surface area contributed by atoms with Gasteiger partial charge in [0, 0.05) is 0 Å². The lowest BCUT2D eigenvalue weighted by Gasteiger charge is -2.43. The van der Waals surface area contributed by atoms with Gasteiger partial charge in [-0.1, -0.05) is 65.7 Å². The maximum atomic E-state index is 15.3. The smallest absolute Gasteiger partial charge is 0.103 e. The summed E-state index contributed by atoms with van der Waals surface area (Å²) in [5, 5.41) is 0. The number of hydrogen-bond acceptors (Lipinski definition) is 0. The molecule has 0 radical (unpaired) electrons. The molecule has 0 saturated heterocycles. The van der Waals surface area contributed by atoms with Gasteiger partial charge in [-0.3, -0.25) is 0 Å². The predicted octanol–water partition coefficient (Wildman–Crippen LogP) is 8.98. The Morgan fingerprint density at radius 1 is 0.714 bits per heavy atom. The molecule has 3 saturated carbocycles. The fraction of sp³-hybridized carbons (Fsp3) is 1.00. The van der Waals surface area contributed by atoms with E-state index in [1.165, 1.54) is 96.3 Å². The summed E-state index contributed by atoms with van der Waals surface area (Å²) in [5.74, 6) is 5.47. The lowest BCUT2D eigenvalue weighted by molar-refractivity contribution is 0.0290. The van der Waals surface area contributed by atoms with E-state index in [2.05, 4.69) is 20.8 Å². The minimum absolute atomic E-state index is 0.403. The van der Waals surface area contributed by atoms with Crippen molar-refractivity contribution in [2.24, 2.45) is 41.4 Å². The molecule has 4 atom stereocenters. The van der Waals surface area contributed by atoms with Gasteiger partial charge in [0.2, 0.25) is 0 Å². The number of hydrogen-bond donors (Lipinski definition) is 0. The summed E-state index contributed by atoms with van der Waals surface area (Å²) in [6.45, 7) is 7.07. The molecule has 3 rings (SSSR count).